The monoisotopic (exact) mass is 366 g/mol. The molecule has 0 N–H and O–H groups in total. The Morgan fingerprint density at radius 2 is 1.48 bits per heavy atom. The Morgan fingerprint density at radius 3 is 2.22 bits per heavy atom. The van der Waals surface area contributed by atoms with Gasteiger partial charge in [0.05, 0.1) is 6.42 Å². The molecule has 6 heteroatoms. The molecule has 0 saturated carbocycles. The van der Waals surface area contributed by atoms with Crippen LogP contribution in [-0.4, -0.2) is 61.0 Å². The number of hydrogen-bond acceptors (Lipinski definition) is 4. The number of piperazine rings is 1. The largest absolute Gasteiger partial charge is 0.486 e. The summed E-state index contributed by atoms with van der Waals surface area (Å²) < 4.78 is 11.1. The van der Waals surface area contributed by atoms with Crippen molar-refractivity contribution in [2.24, 2.45) is 0 Å². The van der Waals surface area contributed by atoms with Crippen molar-refractivity contribution in [2.45, 2.75) is 6.42 Å². The molecule has 140 valence electrons. The van der Waals surface area contributed by atoms with Gasteiger partial charge in [-0.1, -0.05) is 30.3 Å². The highest BCUT2D eigenvalue weighted by Gasteiger charge is 2.25. The van der Waals surface area contributed by atoms with E-state index in [0.29, 0.717) is 62.9 Å². The molecule has 0 aromatic heterocycles. The summed E-state index contributed by atoms with van der Waals surface area (Å²) in [5, 5.41) is 0. The second-order valence-corrected chi connectivity index (χ2v) is 6.69. The van der Waals surface area contributed by atoms with Crippen molar-refractivity contribution in [3.05, 3.63) is 59.7 Å². The summed E-state index contributed by atoms with van der Waals surface area (Å²) in [6.45, 7) is 3.21. The minimum atomic E-state index is -0.0397. The Labute approximate surface area is 158 Å². The van der Waals surface area contributed by atoms with E-state index in [0.717, 1.165) is 5.56 Å². The minimum absolute atomic E-state index is 0.0397. The molecule has 27 heavy (non-hydrogen) atoms. The van der Waals surface area contributed by atoms with Crippen LogP contribution in [0.4, 0.5) is 0 Å². The van der Waals surface area contributed by atoms with Gasteiger partial charge < -0.3 is 19.3 Å². The number of amides is 2. The maximum absolute atomic E-state index is 12.8. The normalized spacial score (nSPS) is 16.1. The fourth-order valence-corrected chi connectivity index (χ4v) is 3.40. The van der Waals surface area contributed by atoms with Crippen molar-refractivity contribution in [3.8, 4) is 11.5 Å². The number of carbonyl (C=O) groups is 2. The average molecular weight is 366 g/mol. The molecule has 2 aromatic carbocycles. The van der Waals surface area contributed by atoms with E-state index in [1.807, 2.05) is 35.2 Å². The molecular weight excluding hydrogens is 344 g/mol. The lowest BCUT2D eigenvalue weighted by molar-refractivity contribution is -0.131. The van der Waals surface area contributed by atoms with Gasteiger partial charge in [-0.2, -0.15) is 0 Å². The molecule has 0 atom stereocenters. The van der Waals surface area contributed by atoms with Crippen molar-refractivity contribution < 1.29 is 19.1 Å². The summed E-state index contributed by atoms with van der Waals surface area (Å²) in [6, 6.07) is 15.0. The van der Waals surface area contributed by atoms with Gasteiger partial charge in [-0.25, -0.2) is 0 Å². The lowest BCUT2D eigenvalue weighted by Crippen LogP contribution is -2.51. The summed E-state index contributed by atoms with van der Waals surface area (Å²) in [7, 11) is 0. The zero-order chi connectivity index (χ0) is 18.6. The third-order valence-electron chi connectivity index (χ3n) is 4.91. The van der Waals surface area contributed by atoms with Crippen LogP contribution in [0.15, 0.2) is 48.5 Å². The van der Waals surface area contributed by atoms with E-state index in [1.165, 1.54) is 0 Å². The zero-order valence-corrected chi connectivity index (χ0v) is 15.1. The average Bonchev–Trinajstić information content (AvgIpc) is 2.73. The molecule has 0 aliphatic carbocycles. The van der Waals surface area contributed by atoms with Crippen LogP contribution in [0.1, 0.15) is 15.9 Å². The molecule has 2 aliphatic heterocycles. The summed E-state index contributed by atoms with van der Waals surface area (Å²) in [4.78, 5) is 28.9. The third kappa shape index (κ3) is 3.89. The number of ether oxygens (including phenoxy) is 2. The van der Waals surface area contributed by atoms with Crippen LogP contribution >= 0.6 is 0 Å². The topological polar surface area (TPSA) is 59.1 Å². The highest BCUT2D eigenvalue weighted by atomic mass is 16.6. The maximum atomic E-state index is 12.8. The smallest absolute Gasteiger partial charge is 0.254 e. The summed E-state index contributed by atoms with van der Waals surface area (Å²) in [6.07, 6.45) is 0.400. The number of nitrogens with zero attached hydrogens (tertiary/aromatic N) is 2. The first-order chi connectivity index (χ1) is 13.2. The molecule has 0 bridgehead atoms. The predicted octanol–water partition coefficient (Wildman–Crippen LogP) is 1.98. The Balaban J connectivity index is 1.35. The van der Waals surface area contributed by atoms with E-state index >= 15 is 0 Å². The van der Waals surface area contributed by atoms with E-state index in [4.69, 9.17) is 9.47 Å². The van der Waals surface area contributed by atoms with Crippen LogP contribution in [-0.2, 0) is 11.2 Å². The highest BCUT2D eigenvalue weighted by molar-refractivity contribution is 5.95. The Morgan fingerprint density at radius 1 is 0.815 bits per heavy atom. The van der Waals surface area contributed by atoms with Crippen LogP contribution in [0.3, 0.4) is 0 Å². The Kier molecular flexibility index (Phi) is 4.96. The van der Waals surface area contributed by atoms with Crippen LogP contribution in [0.2, 0.25) is 0 Å². The van der Waals surface area contributed by atoms with Crippen LogP contribution in [0, 0.1) is 0 Å². The van der Waals surface area contributed by atoms with Crippen molar-refractivity contribution in [3.63, 3.8) is 0 Å². The number of carbonyl (C=O) groups excluding carboxylic acids is 2. The van der Waals surface area contributed by atoms with E-state index in [9.17, 15) is 9.59 Å². The fraction of sp³-hybridized carbons (Fsp3) is 0.333. The van der Waals surface area contributed by atoms with Gasteiger partial charge in [-0.3, -0.25) is 9.59 Å². The molecule has 2 heterocycles. The SMILES string of the molecule is O=C(Cc1ccccc1)N1CCN(C(=O)c2ccc3c(c2)OCCO3)CC1. The van der Waals surface area contributed by atoms with Gasteiger partial charge in [0.2, 0.25) is 5.91 Å². The third-order valence-corrected chi connectivity index (χ3v) is 4.91. The molecule has 4 rings (SSSR count). The highest BCUT2D eigenvalue weighted by Crippen LogP contribution is 2.31. The Hall–Kier alpha value is -3.02. The lowest BCUT2D eigenvalue weighted by atomic mass is 10.1. The number of hydrogen-bond donors (Lipinski definition) is 0. The fourth-order valence-electron chi connectivity index (χ4n) is 3.40. The van der Waals surface area contributed by atoms with Crippen molar-refractivity contribution in [1.82, 2.24) is 9.80 Å². The molecule has 0 radical (unpaired) electrons. The summed E-state index contributed by atoms with van der Waals surface area (Å²) in [5.41, 5.74) is 1.60. The van der Waals surface area contributed by atoms with Crippen LogP contribution in [0.25, 0.3) is 0 Å². The van der Waals surface area contributed by atoms with Crippen LogP contribution in [0.5, 0.6) is 11.5 Å². The predicted molar refractivity (Wildman–Crippen MR) is 100 cm³/mol. The molecule has 0 unspecified atom stereocenters. The summed E-state index contributed by atoms with van der Waals surface area (Å²) in [5.74, 6) is 1.35. The molecule has 1 fully saturated rings. The molecular formula is C21H22N2O4. The van der Waals surface area contributed by atoms with E-state index < -0.39 is 0 Å². The standard InChI is InChI=1S/C21H22N2O4/c24-20(14-16-4-2-1-3-5-16)22-8-10-23(11-9-22)21(25)17-6-7-18-19(15-17)27-13-12-26-18/h1-7,15H,8-14H2. The van der Waals surface area contributed by atoms with Gasteiger partial charge in [-0.05, 0) is 23.8 Å². The quantitative estimate of drug-likeness (QED) is 0.834. The van der Waals surface area contributed by atoms with E-state index in [1.54, 1.807) is 23.1 Å². The van der Waals surface area contributed by atoms with Crippen molar-refractivity contribution in [1.29, 1.82) is 0 Å². The molecule has 1 saturated heterocycles. The Bertz CT molecular complexity index is 829. The minimum Gasteiger partial charge on any atom is -0.486 e. The molecule has 0 spiro atoms. The second kappa shape index (κ2) is 7.70. The van der Waals surface area contributed by atoms with Gasteiger partial charge in [-0.15, -0.1) is 0 Å². The maximum Gasteiger partial charge on any atom is 0.254 e. The first kappa shape index (κ1) is 17.4. The van der Waals surface area contributed by atoms with Crippen molar-refractivity contribution >= 4 is 11.8 Å². The number of rotatable bonds is 3. The molecule has 2 aliphatic rings. The van der Waals surface area contributed by atoms with Crippen LogP contribution < -0.4 is 9.47 Å². The van der Waals surface area contributed by atoms with Gasteiger partial charge >= 0.3 is 0 Å². The van der Waals surface area contributed by atoms with Gasteiger partial charge in [0.25, 0.3) is 5.91 Å². The van der Waals surface area contributed by atoms with Gasteiger partial charge in [0.1, 0.15) is 13.2 Å². The number of fused-ring (bicyclic) bond motifs is 1. The zero-order valence-electron chi connectivity index (χ0n) is 15.1. The molecule has 2 aromatic rings. The van der Waals surface area contributed by atoms with Gasteiger partial charge in [0, 0.05) is 31.7 Å². The van der Waals surface area contributed by atoms with E-state index in [2.05, 4.69) is 0 Å². The molecule has 2 amide bonds. The van der Waals surface area contributed by atoms with E-state index in [-0.39, 0.29) is 11.8 Å². The first-order valence-electron chi connectivity index (χ1n) is 9.21. The lowest BCUT2D eigenvalue weighted by Gasteiger charge is -2.35. The second-order valence-electron chi connectivity index (χ2n) is 6.69. The summed E-state index contributed by atoms with van der Waals surface area (Å²) >= 11 is 0. The first-order valence-corrected chi connectivity index (χ1v) is 9.21. The molecule has 6 nitrogen and oxygen atoms in total. The van der Waals surface area contributed by atoms with Gasteiger partial charge in [0.15, 0.2) is 11.5 Å². The van der Waals surface area contributed by atoms with Crippen molar-refractivity contribution in [2.75, 3.05) is 39.4 Å². The number of benzene rings is 2.